The van der Waals surface area contributed by atoms with Crippen LogP contribution < -0.4 is 5.32 Å². The maximum Gasteiger partial charge on any atom is 0.226 e. The second-order valence-corrected chi connectivity index (χ2v) is 7.21. The number of amides is 1. The molecule has 0 aromatic carbocycles. The third-order valence-electron chi connectivity index (χ3n) is 2.78. The molecule has 0 radical (unpaired) electrons. The summed E-state index contributed by atoms with van der Waals surface area (Å²) >= 11 is 4.29. The Morgan fingerprint density at radius 3 is 2.59 bits per heavy atom. The molecule has 112 valence electrons. The molecule has 3 aromatic rings. The molecule has 0 aliphatic carbocycles. The van der Waals surface area contributed by atoms with Crippen LogP contribution in [0.3, 0.4) is 0 Å². The Labute approximate surface area is 138 Å². The highest BCUT2D eigenvalue weighted by Crippen LogP contribution is 2.29. The van der Waals surface area contributed by atoms with Crippen molar-refractivity contribution in [3.63, 3.8) is 0 Å². The van der Waals surface area contributed by atoms with Gasteiger partial charge in [0.15, 0.2) is 10.8 Å². The lowest BCUT2D eigenvalue weighted by molar-refractivity contribution is -0.116. The van der Waals surface area contributed by atoms with E-state index in [9.17, 15) is 9.59 Å². The fraction of sp³-hybridized carbons (Fsp3) is 0.143. The molecule has 0 aliphatic heterocycles. The molecule has 0 saturated heterocycles. The number of hydrogen-bond acceptors (Lipinski definition) is 7. The molecule has 0 saturated carbocycles. The van der Waals surface area contributed by atoms with Crippen molar-refractivity contribution in [3.8, 4) is 9.88 Å². The van der Waals surface area contributed by atoms with Crippen LogP contribution in [0.25, 0.3) is 9.88 Å². The van der Waals surface area contributed by atoms with E-state index in [2.05, 4.69) is 15.5 Å². The van der Waals surface area contributed by atoms with Crippen molar-refractivity contribution in [1.29, 1.82) is 0 Å². The first kappa shape index (κ1) is 15.0. The lowest BCUT2D eigenvalue weighted by Crippen LogP contribution is -2.13. The summed E-state index contributed by atoms with van der Waals surface area (Å²) in [6.45, 7) is 0. The first-order valence-corrected chi connectivity index (χ1v) is 9.04. The highest BCUT2D eigenvalue weighted by atomic mass is 32.1. The van der Waals surface area contributed by atoms with E-state index in [0.717, 1.165) is 9.88 Å². The van der Waals surface area contributed by atoms with E-state index in [0.29, 0.717) is 10.0 Å². The van der Waals surface area contributed by atoms with E-state index < -0.39 is 0 Å². The summed E-state index contributed by atoms with van der Waals surface area (Å²) in [5.74, 6) is -0.236. The highest BCUT2D eigenvalue weighted by molar-refractivity contribution is 7.23. The number of ketones is 1. The topological polar surface area (TPSA) is 72.0 Å². The van der Waals surface area contributed by atoms with Crippen LogP contribution in [0.5, 0.6) is 0 Å². The standard InChI is InChI=1S/C14H11N3O2S3/c18-9(10-3-1-7-20-10)5-6-12(19)15-14-17-16-13(22-14)11-4-2-8-21-11/h1-4,7-8H,5-6H2,(H,15,17,19). The second kappa shape index (κ2) is 6.91. The van der Waals surface area contributed by atoms with Crippen LogP contribution in [-0.2, 0) is 4.79 Å². The molecular formula is C14H11N3O2S3. The van der Waals surface area contributed by atoms with Gasteiger partial charge >= 0.3 is 0 Å². The van der Waals surface area contributed by atoms with Gasteiger partial charge in [0.1, 0.15) is 0 Å². The van der Waals surface area contributed by atoms with Gasteiger partial charge in [-0.3, -0.25) is 9.59 Å². The Kier molecular flexibility index (Phi) is 4.71. The van der Waals surface area contributed by atoms with Gasteiger partial charge in [-0.05, 0) is 22.9 Å². The van der Waals surface area contributed by atoms with E-state index >= 15 is 0 Å². The van der Waals surface area contributed by atoms with Crippen molar-refractivity contribution < 1.29 is 9.59 Å². The average Bonchev–Trinajstić information content (AvgIpc) is 3.23. The zero-order chi connectivity index (χ0) is 15.4. The van der Waals surface area contributed by atoms with E-state index in [4.69, 9.17) is 0 Å². The number of Topliss-reactive ketones (excluding diaryl/α,β-unsaturated/α-hetero) is 1. The highest BCUT2D eigenvalue weighted by Gasteiger charge is 2.13. The summed E-state index contributed by atoms with van der Waals surface area (Å²) in [7, 11) is 0. The third-order valence-corrected chi connectivity index (χ3v) is 5.57. The number of nitrogens with zero attached hydrogens (tertiary/aromatic N) is 2. The molecule has 5 nitrogen and oxygen atoms in total. The van der Waals surface area contributed by atoms with Crippen molar-refractivity contribution in [2.45, 2.75) is 12.8 Å². The van der Waals surface area contributed by atoms with Gasteiger partial charge in [0.05, 0.1) is 9.75 Å². The SMILES string of the molecule is O=C(CCC(=O)c1cccs1)Nc1nnc(-c2cccs2)s1. The van der Waals surface area contributed by atoms with Crippen molar-refractivity contribution >= 4 is 50.8 Å². The molecule has 0 aliphatic rings. The van der Waals surface area contributed by atoms with Gasteiger partial charge in [0.25, 0.3) is 0 Å². The first-order chi connectivity index (χ1) is 10.7. The molecule has 22 heavy (non-hydrogen) atoms. The fourth-order valence-electron chi connectivity index (χ4n) is 1.74. The Bertz CT molecular complexity index is 763. The first-order valence-electron chi connectivity index (χ1n) is 6.46. The normalized spacial score (nSPS) is 10.5. The minimum Gasteiger partial charge on any atom is -0.301 e. The van der Waals surface area contributed by atoms with Gasteiger partial charge in [-0.15, -0.1) is 32.9 Å². The number of thiophene rings is 2. The van der Waals surface area contributed by atoms with Crippen molar-refractivity contribution in [2.24, 2.45) is 0 Å². The number of carbonyl (C=O) groups is 2. The number of nitrogens with one attached hydrogen (secondary N) is 1. The smallest absolute Gasteiger partial charge is 0.226 e. The molecule has 3 heterocycles. The van der Waals surface area contributed by atoms with Crippen LogP contribution in [0.15, 0.2) is 35.0 Å². The predicted octanol–water partition coefficient (Wildman–Crippen LogP) is 3.93. The van der Waals surface area contributed by atoms with Crippen molar-refractivity contribution in [3.05, 3.63) is 39.9 Å². The molecule has 3 aromatic heterocycles. The lowest BCUT2D eigenvalue weighted by Gasteiger charge is -1.99. The Hall–Kier alpha value is -1.90. The summed E-state index contributed by atoms with van der Waals surface area (Å²) < 4.78 is 0. The van der Waals surface area contributed by atoms with E-state index in [-0.39, 0.29) is 24.5 Å². The van der Waals surface area contributed by atoms with E-state index in [1.807, 2.05) is 29.0 Å². The van der Waals surface area contributed by atoms with Crippen LogP contribution in [0.1, 0.15) is 22.5 Å². The van der Waals surface area contributed by atoms with Crippen molar-refractivity contribution in [1.82, 2.24) is 10.2 Å². The van der Waals surface area contributed by atoms with Gasteiger partial charge in [0, 0.05) is 12.8 Å². The second-order valence-electron chi connectivity index (χ2n) is 4.34. The predicted molar refractivity (Wildman–Crippen MR) is 89.7 cm³/mol. The van der Waals surface area contributed by atoms with Crippen LogP contribution in [-0.4, -0.2) is 21.9 Å². The summed E-state index contributed by atoms with van der Waals surface area (Å²) in [6, 6.07) is 7.49. The van der Waals surface area contributed by atoms with Gasteiger partial charge in [-0.2, -0.15) is 0 Å². The summed E-state index contributed by atoms with van der Waals surface area (Å²) in [6.07, 6.45) is 0.341. The van der Waals surface area contributed by atoms with E-state index in [1.54, 1.807) is 17.4 Å². The zero-order valence-corrected chi connectivity index (χ0v) is 13.8. The van der Waals surface area contributed by atoms with Gasteiger partial charge in [-0.1, -0.05) is 23.5 Å². The largest absolute Gasteiger partial charge is 0.301 e. The molecule has 3 rings (SSSR count). The Balaban J connectivity index is 1.53. The van der Waals surface area contributed by atoms with Crippen molar-refractivity contribution in [2.75, 3.05) is 5.32 Å². The Morgan fingerprint density at radius 1 is 1.05 bits per heavy atom. The lowest BCUT2D eigenvalue weighted by atomic mass is 10.2. The molecule has 8 heteroatoms. The minimum absolute atomic E-state index is 0.0123. The van der Waals surface area contributed by atoms with Crippen LogP contribution in [0, 0.1) is 0 Å². The number of hydrogen-bond donors (Lipinski definition) is 1. The molecule has 0 atom stereocenters. The fourth-order valence-corrected chi connectivity index (χ4v) is 3.99. The number of aromatic nitrogens is 2. The molecular weight excluding hydrogens is 338 g/mol. The average molecular weight is 349 g/mol. The monoisotopic (exact) mass is 349 g/mol. The minimum atomic E-state index is -0.223. The summed E-state index contributed by atoms with van der Waals surface area (Å²) in [5, 5.41) is 15.7. The molecule has 0 fully saturated rings. The van der Waals surface area contributed by atoms with Gasteiger partial charge in [-0.25, -0.2) is 0 Å². The maximum absolute atomic E-state index is 11.9. The maximum atomic E-state index is 11.9. The summed E-state index contributed by atoms with van der Waals surface area (Å²) in [5.41, 5.74) is 0. The van der Waals surface area contributed by atoms with Crippen LogP contribution in [0.4, 0.5) is 5.13 Å². The Morgan fingerprint density at radius 2 is 1.86 bits per heavy atom. The molecule has 1 N–H and O–H groups in total. The molecule has 1 amide bonds. The third kappa shape index (κ3) is 3.65. The number of rotatable bonds is 6. The van der Waals surface area contributed by atoms with Crippen LogP contribution in [0.2, 0.25) is 0 Å². The molecule has 0 bridgehead atoms. The van der Waals surface area contributed by atoms with Crippen LogP contribution >= 0.6 is 34.0 Å². The summed E-state index contributed by atoms with van der Waals surface area (Å²) in [4.78, 5) is 25.4. The molecule has 0 unspecified atom stereocenters. The van der Waals surface area contributed by atoms with Gasteiger partial charge < -0.3 is 5.32 Å². The quantitative estimate of drug-likeness (QED) is 0.684. The molecule has 0 spiro atoms. The number of carbonyl (C=O) groups excluding carboxylic acids is 2. The number of anilines is 1. The zero-order valence-electron chi connectivity index (χ0n) is 11.3. The van der Waals surface area contributed by atoms with E-state index in [1.165, 1.54) is 22.7 Å². The van der Waals surface area contributed by atoms with Gasteiger partial charge in [0.2, 0.25) is 11.0 Å².